The maximum absolute atomic E-state index is 12.6. The summed E-state index contributed by atoms with van der Waals surface area (Å²) in [7, 11) is 0. The Labute approximate surface area is 431 Å². The lowest BCUT2D eigenvalue weighted by molar-refractivity contribution is -0.367. The fourth-order valence-electron chi connectivity index (χ4n) is 9.11. The molecule has 26 nitrogen and oxygen atoms in total. The number of carboxylic acid groups (broad SMARTS) is 2. The molecule has 412 valence electrons. The number of aliphatic carboxylic acids is 1. The molecule has 2 aromatic carbocycles. The normalized spacial score (nSPS) is 30.9. The van der Waals surface area contributed by atoms with Gasteiger partial charge >= 0.3 is 11.9 Å². The van der Waals surface area contributed by atoms with Gasteiger partial charge in [-0.2, -0.15) is 0 Å². The van der Waals surface area contributed by atoms with E-state index in [1.165, 1.54) is 30.3 Å². The van der Waals surface area contributed by atoms with E-state index in [-0.39, 0.29) is 39.8 Å². The van der Waals surface area contributed by atoms with E-state index >= 15 is 0 Å². The molecular weight excluding hydrogens is 1020 g/mol. The molecule has 5 aliphatic rings. The van der Waals surface area contributed by atoms with Crippen LogP contribution in [0.25, 0.3) is 33.4 Å². The smallest absolute Gasteiger partial charge is 0.364 e. The molecule has 75 heavy (non-hydrogen) atoms. The Balaban J connectivity index is 0.862. The van der Waals surface area contributed by atoms with Crippen molar-refractivity contribution in [3.05, 3.63) is 70.4 Å². The van der Waals surface area contributed by atoms with Gasteiger partial charge in [-0.05, 0) is 67.0 Å². The fraction of sp³-hybridized carbons (Fsp3) is 0.542. The summed E-state index contributed by atoms with van der Waals surface area (Å²) in [6.07, 6.45) is -23.6. The largest absolute Gasteiger partial charge is 0.508 e. The minimum Gasteiger partial charge on any atom is -0.508 e. The zero-order valence-electron chi connectivity index (χ0n) is 39.8. The number of aliphatic hydroxyl groups is 10. The molecule has 0 radical (unpaired) electrons. The van der Waals surface area contributed by atoms with Gasteiger partial charge in [0.05, 0.1) is 37.5 Å². The van der Waals surface area contributed by atoms with Crippen molar-refractivity contribution in [2.45, 2.75) is 130 Å². The highest BCUT2D eigenvalue weighted by Crippen LogP contribution is 2.43. The number of phenolic OH excluding ortho intramolecular Hbond substituents is 1. The molecule has 1 aliphatic carbocycles. The molecule has 0 saturated carbocycles. The number of nitrogens with two attached hydrogens (primary N) is 1. The van der Waals surface area contributed by atoms with Gasteiger partial charge in [-0.1, -0.05) is 18.9 Å². The van der Waals surface area contributed by atoms with Crippen LogP contribution in [0.15, 0.2) is 63.8 Å². The van der Waals surface area contributed by atoms with Crippen LogP contribution < -0.4 is 21.8 Å². The van der Waals surface area contributed by atoms with Crippen LogP contribution in [0.2, 0.25) is 0 Å². The molecule has 27 heteroatoms. The lowest BCUT2D eigenvalue weighted by atomic mass is 9.89. The Hall–Kier alpha value is -5.12. The van der Waals surface area contributed by atoms with Crippen molar-refractivity contribution < 1.29 is 109 Å². The van der Waals surface area contributed by atoms with Gasteiger partial charge in [-0.15, -0.1) is 0 Å². The number of aliphatic hydroxyl groups excluding tert-OH is 10. The van der Waals surface area contributed by atoms with E-state index in [2.05, 4.69) is 10.6 Å². The predicted molar refractivity (Wildman–Crippen MR) is 260 cm³/mol. The number of benzene rings is 3. The molecule has 0 amide bonds. The maximum Gasteiger partial charge on any atom is 0.364 e. The second-order valence-electron chi connectivity index (χ2n) is 18.4. The molecule has 2 aromatic rings. The zero-order valence-corrected chi connectivity index (χ0v) is 40.6. The summed E-state index contributed by atoms with van der Waals surface area (Å²) >= 11 is 5.46. The molecule has 0 unspecified atom stereocenters. The highest BCUT2D eigenvalue weighted by molar-refractivity contribution is 7.80. The van der Waals surface area contributed by atoms with E-state index < -0.39 is 136 Å². The zero-order chi connectivity index (χ0) is 54.5. The number of rotatable bonds is 21. The van der Waals surface area contributed by atoms with Crippen molar-refractivity contribution in [1.82, 2.24) is 5.32 Å². The third kappa shape index (κ3) is 12.8. The quantitative estimate of drug-likeness (QED) is 0.0232. The first-order chi connectivity index (χ1) is 35.7. The summed E-state index contributed by atoms with van der Waals surface area (Å²) in [5.74, 6) is -5.72. The Kier molecular flexibility index (Phi) is 19.1. The van der Waals surface area contributed by atoms with Crippen LogP contribution in [0.5, 0.6) is 5.75 Å². The summed E-state index contributed by atoms with van der Waals surface area (Å²) in [6.45, 7) is -2.26. The topological polar surface area (TPSA) is 433 Å². The number of aromatic carboxylic acids is 1. The van der Waals surface area contributed by atoms with Gasteiger partial charge in [0.2, 0.25) is 0 Å². The van der Waals surface area contributed by atoms with Gasteiger partial charge < -0.3 is 116 Å². The number of ether oxygens (including phenoxy) is 6. The molecule has 7 rings (SSSR count). The average molecular weight is 1080 g/mol. The van der Waals surface area contributed by atoms with Crippen LogP contribution in [0.1, 0.15) is 42.5 Å². The first-order valence-electron chi connectivity index (χ1n) is 23.9. The second kappa shape index (κ2) is 24.9. The first kappa shape index (κ1) is 57.6. The molecule has 0 aromatic heterocycles. The molecule has 0 spiro atoms. The maximum atomic E-state index is 12.6. The number of unbranched alkanes of at least 4 members (excludes halogenated alkanes) is 3. The molecule has 3 fully saturated rings. The van der Waals surface area contributed by atoms with E-state index in [1.807, 2.05) is 0 Å². The number of thiocarbonyl (C=S) groups is 1. The SMILES string of the molecule is N[C@H]1[C@H]([C@H](O)[C@H](O)CO)O[C@@](OC[C@H]2O[C@@H](O[C@H]3[C@H](O)[C@@H](O)[C@H](OCCCCCCNC(=S)Nc4ccc(-c5c6ccc(=O)cc-6oc6cc(O)ccc56)c(C(=O)O)c4)O[C@@H]3CO)[C@H](O)[C@@H](O)[C@H]2O)(C(=O)O)C[C@@H]1O. The van der Waals surface area contributed by atoms with E-state index in [1.54, 1.807) is 24.3 Å². The average Bonchev–Trinajstić information content (AvgIpc) is 3.38. The van der Waals surface area contributed by atoms with Crippen molar-refractivity contribution in [3.63, 3.8) is 0 Å². The number of anilines is 1. The summed E-state index contributed by atoms with van der Waals surface area (Å²) in [6, 6.07) is 11.9. The molecule has 16 atom stereocenters. The number of nitrogens with one attached hydrogen (secondary N) is 2. The molecule has 0 bridgehead atoms. The van der Waals surface area contributed by atoms with E-state index in [0.29, 0.717) is 60.0 Å². The van der Waals surface area contributed by atoms with Crippen LogP contribution in [0.4, 0.5) is 5.69 Å². The molecule has 4 aliphatic heterocycles. The lowest BCUT2D eigenvalue weighted by Crippen LogP contribution is -2.67. The van der Waals surface area contributed by atoms with E-state index in [0.717, 1.165) is 0 Å². The van der Waals surface area contributed by atoms with Crippen molar-refractivity contribution in [3.8, 4) is 28.2 Å². The lowest BCUT2D eigenvalue weighted by Gasteiger charge is -2.47. The Bertz CT molecular complexity index is 2640. The van der Waals surface area contributed by atoms with Crippen LogP contribution in [-0.2, 0) is 33.2 Å². The third-order valence-electron chi connectivity index (χ3n) is 13.2. The first-order valence-corrected chi connectivity index (χ1v) is 24.3. The van der Waals surface area contributed by atoms with Gasteiger partial charge in [0.15, 0.2) is 23.1 Å². The van der Waals surface area contributed by atoms with Crippen LogP contribution in [0, 0.1) is 0 Å². The van der Waals surface area contributed by atoms with Crippen molar-refractivity contribution in [1.29, 1.82) is 0 Å². The highest BCUT2D eigenvalue weighted by atomic mass is 32.1. The standard InChI is InChI=1S/C48H61N3O23S/c49-34-27(56)16-48(46(66)67,74-42(34)35(58)28(57)17-52)69-19-32-36(59)37(60)39(62)45(72-32)73-41-31(18-53)71-44(40(63)38(41)61)68-12-4-2-1-3-11-50-47(75)51-20-5-8-23(26(13-20)43(64)65)33-24-9-6-21(54)14-29(24)70-30-15-22(55)7-10-25(30)33/h5-10,13-15,27-28,31-32,34-42,44-45,52-54,56-63H,1-4,11-12,16-19,49H2,(H,64,65)(H,66,67)(H2,50,51,75)/t27-,28+,31+,32+,34+,35+,36-,37-,38+,39+,40+,41+,42+,44+,45-,48+/m0/s1. The van der Waals surface area contributed by atoms with Crippen molar-refractivity contribution in [2.24, 2.45) is 5.73 Å². The molecule has 4 heterocycles. The van der Waals surface area contributed by atoms with Gasteiger partial charge in [0, 0.05) is 53.9 Å². The van der Waals surface area contributed by atoms with Crippen molar-refractivity contribution >= 4 is 45.9 Å². The van der Waals surface area contributed by atoms with Crippen LogP contribution >= 0.6 is 12.2 Å². The predicted octanol–water partition coefficient (Wildman–Crippen LogP) is -2.55. The molecular formula is C48H61N3O23S. The van der Waals surface area contributed by atoms with Crippen LogP contribution in [-0.4, -0.2) is 214 Å². The number of carboxylic acids is 2. The Morgan fingerprint density at radius 1 is 0.840 bits per heavy atom. The fourth-order valence-corrected chi connectivity index (χ4v) is 9.33. The van der Waals surface area contributed by atoms with Gasteiger partial charge in [-0.3, -0.25) is 4.79 Å². The molecule has 17 N–H and O–H groups in total. The summed E-state index contributed by atoms with van der Waals surface area (Å²) in [5, 5.41) is 142. The number of fused-ring (bicyclic) bond motifs is 2. The van der Waals surface area contributed by atoms with E-state index in [9.17, 15) is 80.8 Å². The Morgan fingerprint density at radius 3 is 2.25 bits per heavy atom. The van der Waals surface area contributed by atoms with Crippen LogP contribution in [0.3, 0.4) is 0 Å². The summed E-state index contributed by atoms with van der Waals surface area (Å²) in [4.78, 5) is 37.2. The summed E-state index contributed by atoms with van der Waals surface area (Å²) < 4.78 is 39.6. The number of hydrogen-bond donors (Lipinski definition) is 16. The number of hydrogen-bond acceptors (Lipinski definition) is 23. The van der Waals surface area contributed by atoms with Gasteiger partial charge in [0.1, 0.15) is 84.2 Å². The highest BCUT2D eigenvalue weighted by Gasteiger charge is 2.56. The second-order valence-corrected chi connectivity index (χ2v) is 18.8. The summed E-state index contributed by atoms with van der Waals surface area (Å²) in [5.41, 5.74) is 7.48. The minimum atomic E-state index is -2.79. The van der Waals surface area contributed by atoms with Gasteiger partial charge in [-0.25, -0.2) is 9.59 Å². The number of carbonyl (C=O) groups is 2. The van der Waals surface area contributed by atoms with Crippen molar-refractivity contribution in [2.75, 3.05) is 38.3 Å². The van der Waals surface area contributed by atoms with Gasteiger partial charge in [0.25, 0.3) is 5.79 Å². The minimum absolute atomic E-state index is 0.0430. The Morgan fingerprint density at radius 2 is 1.55 bits per heavy atom. The third-order valence-corrected chi connectivity index (χ3v) is 13.5. The monoisotopic (exact) mass is 1080 g/mol. The number of aromatic hydroxyl groups is 1. The van der Waals surface area contributed by atoms with E-state index in [4.69, 9.17) is 50.8 Å². The molecule has 3 saturated heterocycles. The number of phenols is 1.